The van der Waals surface area contributed by atoms with E-state index >= 15 is 0 Å². The zero-order valence-corrected chi connectivity index (χ0v) is 12.5. The Labute approximate surface area is 119 Å². The summed E-state index contributed by atoms with van der Waals surface area (Å²) in [5, 5.41) is 1.89. The fraction of sp³-hybridized carbons (Fsp3) is 0.583. The average molecular weight is 297 g/mol. The van der Waals surface area contributed by atoms with Gasteiger partial charge in [0.05, 0.1) is 4.87 Å². The monoisotopic (exact) mass is 297 g/mol. The van der Waals surface area contributed by atoms with Crippen molar-refractivity contribution in [1.82, 2.24) is 9.47 Å². The first-order chi connectivity index (χ1) is 9.01. The number of aryl methyl sites for hydroxylation is 1. The van der Waals surface area contributed by atoms with Crippen LogP contribution in [0.2, 0.25) is 0 Å². The number of carbonyl (C=O) groups excluding carboxylic acids is 2. The Kier molecular flexibility index (Phi) is 3.05. The molecule has 2 atom stereocenters. The van der Waals surface area contributed by atoms with Crippen molar-refractivity contribution in [3.8, 4) is 0 Å². The standard InChI is InChI=1S/C12H15N3O2S2/c1-12-4-3-9(16)15(12)8(7-19-12)10(17)13-11-14(2)5-6-18-11/h5-6,8H,3-4,7H2,1-2H3/t8-,12-/m0/s1. The third-order valence-corrected chi connectivity index (χ3v) is 6.05. The van der Waals surface area contributed by atoms with Gasteiger partial charge < -0.3 is 9.47 Å². The lowest BCUT2D eigenvalue weighted by Gasteiger charge is -2.28. The summed E-state index contributed by atoms with van der Waals surface area (Å²) < 4.78 is 1.82. The molecule has 3 heterocycles. The first-order valence-corrected chi connectivity index (χ1v) is 8.03. The third kappa shape index (κ3) is 2.04. The maximum atomic E-state index is 12.3. The molecule has 0 saturated carbocycles. The van der Waals surface area contributed by atoms with Gasteiger partial charge in [-0.05, 0) is 13.3 Å². The van der Waals surface area contributed by atoms with E-state index in [1.807, 2.05) is 30.1 Å². The summed E-state index contributed by atoms with van der Waals surface area (Å²) in [4.78, 5) is 30.7. The molecule has 2 saturated heterocycles. The van der Waals surface area contributed by atoms with Gasteiger partial charge in [-0.3, -0.25) is 9.59 Å². The number of thiazole rings is 1. The second-order valence-corrected chi connectivity index (χ2v) is 7.39. The summed E-state index contributed by atoms with van der Waals surface area (Å²) in [5.74, 6) is 0.528. The van der Waals surface area contributed by atoms with Crippen molar-refractivity contribution in [3.05, 3.63) is 16.4 Å². The molecule has 1 aromatic rings. The van der Waals surface area contributed by atoms with Crippen LogP contribution in [0.15, 0.2) is 16.6 Å². The molecule has 0 radical (unpaired) electrons. The summed E-state index contributed by atoms with van der Waals surface area (Å²) >= 11 is 3.12. The Morgan fingerprint density at radius 2 is 2.37 bits per heavy atom. The molecule has 0 spiro atoms. The lowest BCUT2D eigenvalue weighted by Crippen LogP contribution is -2.46. The van der Waals surface area contributed by atoms with Crippen LogP contribution in [0.3, 0.4) is 0 Å². The number of thioether (sulfide) groups is 1. The van der Waals surface area contributed by atoms with Crippen LogP contribution in [0.1, 0.15) is 19.8 Å². The Morgan fingerprint density at radius 3 is 3.05 bits per heavy atom. The highest BCUT2D eigenvalue weighted by Crippen LogP contribution is 2.47. The van der Waals surface area contributed by atoms with Gasteiger partial charge in [0, 0.05) is 30.8 Å². The minimum absolute atomic E-state index is 0.0802. The number of hydrogen-bond donors (Lipinski definition) is 0. The number of carbonyl (C=O) groups is 2. The summed E-state index contributed by atoms with van der Waals surface area (Å²) in [6, 6.07) is -0.396. The molecule has 1 aromatic heterocycles. The Morgan fingerprint density at radius 1 is 1.58 bits per heavy atom. The highest BCUT2D eigenvalue weighted by atomic mass is 32.2. The van der Waals surface area contributed by atoms with E-state index in [4.69, 9.17) is 0 Å². The molecule has 3 rings (SSSR count). The Bertz CT molecular complexity index is 606. The second kappa shape index (κ2) is 4.49. The predicted molar refractivity (Wildman–Crippen MR) is 74.6 cm³/mol. The normalized spacial score (nSPS) is 31.1. The fourth-order valence-electron chi connectivity index (χ4n) is 2.61. The summed E-state index contributed by atoms with van der Waals surface area (Å²) in [6.45, 7) is 2.04. The first-order valence-electron chi connectivity index (χ1n) is 6.16. The van der Waals surface area contributed by atoms with Gasteiger partial charge in [0.25, 0.3) is 5.91 Å². The third-order valence-electron chi connectivity index (χ3n) is 3.70. The van der Waals surface area contributed by atoms with Crippen molar-refractivity contribution >= 4 is 34.9 Å². The van der Waals surface area contributed by atoms with Crippen molar-refractivity contribution in [2.75, 3.05) is 5.75 Å². The van der Waals surface area contributed by atoms with Crippen LogP contribution in [0.5, 0.6) is 0 Å². The zero-order chi connectivity index (χ0) is 13.6. The number of aromatic nitrogens is 1. The van der Waals surface area contributed by atoms with Gasteiger partial charge >= 0.3 is 0 Å². The molecule has 2 aliphatic heterocycles. The van der Waals surface area contributed by atoms with Crippen molar-refractivity contribution < 1.29 is 9.59 Å². The molecule has 2 fully saturated rings. The zero-order valence-electron chi connectivity index (χ0n) is 10.8. The first kappa shape index (κ1) is 12.9. The predicted octanol–water partition coefficient (Wildman–Crippen LogP) is 0.968. The summed E-state index contributed by atoms with van der Waals surface area (Å²) in [5.41, 5.74) is 0. The van der Waals surface area contributed by atoms with Crippen molar-refractivity contribution in [2.24, 2.45) is 12.0 Å². The molecular formula is C12H15N3O2S2. The SMILES string of the molecule is Cn1ccsc1=NC(=O)[C@@H]1CS[C@@]2(C)CCC(=O)N12. The van der Waals surface area contributed by atoms with Crippen molar-refractivity contribution in [1.29, 1.82) is 0 Å². The van der Waals surface area contributed by atoms with Crippen molar-refractivity contribution in [2.45, 2.75) is 30.7 Å². The van der Waals surface area contributed by atoms with Crippen LogP contribution < -0.4 is 4.80 Å². The largest absolute Gasteiger partial charge is 0.327 e. The molecule has 0 aromatic carbocycles. The molecule has 0 aliphatic carbocycles. The molecule has 19 heavy (non-hydrogen) atoms. The molecule has 102 valence electrons. The molecule has 0 bridgehead atoms. The van der Waals surface area contributed by atoms with Crippen LogP contribution >= 0.6 is 23.1 Å². The molecule has 2 amide bonds. The van der Waals surface area contributed by atoms with E-state index < -0.39 is 6.04 Å². The van der Waals surface area contributed by atoms with Gasteiger partial charge in [-0.1, -0.05) is 0 Å². The lowest BCUT2D eigenvalue weighted by molar-refractivity contribution is -0.136. The van der Waals surface area contributed by atoms with E-state index in [1.54, 1.807) is 16.7 Å². The van der Waals surface area contributed by atoms with Gasteiger partial charge in [-0.2, -0.15) is 4.99 Å². The van der Waals surface area contributed by atoms with E-state index in [-0.39, 0.29) is 16.7 Å². The van der Waals surface area contributed by atoms with Crippen molar-refractivity contribution in [3.63, 3.8) is 0 Å². The summed E-state index contributed by atoms with van der Waals surface area (Å²) in [6.07, 6.45) is 3.23. The Balaban J connectivity index is 1.90. The average Bonchev–Trinajstić information content (AvgIpc) is 2.98. The molecular weight excluding hydrogens is 282 g/mol. The van der Waals surface area contributed by atoms with Gasteiger partial charge in [-0.15, -0.1) is 23.1 Å². The highest BCUT2D eigenvalue weighted by Gasteiger charge is 2.52. The fourth-order valence-corrected chi connectivity index (χ4v) is 4.76. The van der Waals surface area contributed by atoms with E-state index in [0.717, 1.165) is 6.42 Å². The maximum absolute atomic E-state index is 12.3. The lowest BCUT2D eigenvalue weighted by atomic mass is 10.2. The van der Waals surface area contributed by atoms with Gasteiger partial charge in [0.2, 0.25) is 5.91 Å². The molecule has 2 aliphatic rings. The van der Waals surface area contributed by atoms with Crippen LogP contribution in [0.4, 0.5) is 0 Å². The number of rotatable bonds is 1. The van der Waals surface area contributed by atoms with Gasteiger partial charge in [0.15, 0.2) is 4.80 Å². The minimum atomic E-state index is -0.396. The van der Waals surface area contributed by atoms with Crippen LogP contribution in [0.25, 0.3) is 0 Å². The van der Waals surface area contributed by atoms with Crippen LogP contribution in [-0.2, 0) is 16.6 Å². The summed E-state index contributed by atoms with van der Waals surface area (Å²) in [7, 11) is 1.86. The molecule has 0 unspecified atom stereocenters. The molecule has 7 heteroatoms. The maximum Gasteiger partial charge on any atom is 0.272 e. The van der Waals surface area contributed by atoms with E-state index in [2.05, 4.69) is 4.99 Å². The highest BCUT2D eigenvalue weighted by molar-refractivity contribution is 8.01. The molecule has 5 nitrogen and oxygen atoms in total. The number of nitrogens with zero attached hydrogens (tertiary/aromatic N) is 3. The second-order valence-electron chi connectivity index (χ2n) is 5.01. The van der Waals surface area contributed by atoms with Crippen LogP contribution in [0, 0.1) is 0 Å². The topological polar surface area (TPSA) is 54.7 Å². The van der Waals surface area contributed by atoms with E-state index in [1.165, 1.54) is 11.3 Å². The molecule has 0 N–H and O–H groups in total. The number of amides is 2. The quantitative estimate of drug-likeness (QED) is 0.776. The number of hydrogen-bond acceptors (Lipinski definition) is 4. The van der Waals surface area contributed by atoms with Gasteiger partial charge in [-0.25, -0.2) is 0 Å². The smallest absolute Gasteiger partial charge is 0.272 e. The van der Waals surface area contributed by atoms with E-state index in [0.29, 0.717) is 17.0 Å². The minimum Gasteiger partial charge on any atom is -0.327 e. The number of fused-ring (bicyclic) bond motifs is 1. The Hall–Kier alpha value is -1.08. The van der Waals surface area contributed by atoms with E-state index in [9.17, 15) is 9.59 Å². The van der Waals surface area contributed by atoms with Gasteiger partial charge in [0.1, 0.15) is 6.04 Å². The van der Waals surface area contributed by atoms with Crippen LogP contribution in [-0.4, -0.2) is 37.9 Å².